The fourth-order valence-corrected chi connectivity index (χ4v) is 3.30. The highest BCUT2D eigenvalue weighted by Gasteiger charge is 2.23. The van der Waals surface area contributed by atoms with Crippen LogP contribution in [0.25, 0.3) is 0 Å². The summed E-state index contributed by atoms with van der Waals surface area (Å²) in [4.78, 5) is 6.76. The van der Waals surface area contributed by atoms with E-state index in [1.54, 1.807) is 14.2 Å². The molecule has 8 heteroatoms. The number of nitrogens with zero attached hydrogens (tertiary/aromatic N) is 2. The lowest BCUT2D eigenvalue weighted by molar-refractivity contribution is 0.0170. The van der Waals surface area contributed by atoms with Gasteiger partial charge in [0.25, 0.3) is 0 Å². The highest BCUT2D eigenvalue weighted by atomic mass is 35.5. The number of morpholine rings is 1. The molecule has 1 aromatic carbocycles. The summed E-state index contributed by atoms with van der Waals surface area (Å²) in [5.41, 5.74) is 1.20. The van der Waals surface area contributed by atoms with Gasteiger partial charge in [-0.1, -0.05) is 23.7 Å². The Morgan fingerprint density at radius 1 is 1.25 bits per heavy atom. The molecule has 1 atom stereocenters. The van der Waals surface area contributed by atoms with Crippen molar-refractivity contribution >= 4 is 17.6 Å². The summed E-state index contributed by atoms with van der Waals surface area (Å²) in [5.74, 6) is 0.789. The molecule has 1 aromatic rings. The Balaban J connectivity index is 1.83. The summed E-state index contributed by atoms with van der Waals surface area (Å²) >= 11 is 6.23. The molecule has 0 saturated carbocycles. The van der Waals surface area contributed by atoms with E-state index in [2.05, 4.69) is 26.6 Å². The Morgan fingerprint density at radius 2 is 2.07 bits per heavy atom. The second-order valence-corrected chi connectivity index (χ2v) is 6.99. The van der Waals surface area contributed by atoms with Crippen LogP contribution in [0.15, 0.2) is 29.3 Å². The van der Waals surface area contributed by atoms with Crippen molar-refractivity contribution in [3.8, 4) is 0 Å². The number of guanidine groups is 1. The molecule has 0 amide bonds. The standard InChI is InChI=1S/C20H33ClN4O3/c1-22-20(23-7-4-10-27-14-13-26-2)24-16-19(25-8-11-28-12-9-25)17-5-3-6-18(21)15-17/h3,5-6,15,19H,4,7-14,16H2,1-2H3,(H2,22,23,24). The number of ether oxygens (including phenoxy) is 3. The van der Waals surface area contributed by atoms with Crippen LogP contribution in [0.2, 0.25) is 5.02 Å². The maximum absolute atomic E-state index is 6.23. The first-order chi connectivity index (χ1) is 13.7. The Labute approximate surface area is 173 Å². The lowest BCUT2D eigenvalue weighted by atomic mass is 10.0. The van der Waals surface area contributed by atoms with E-state index >= 15 is 0 Å². The van der Waals surface area contributed by atoms with Crippen molar-refractivity contribution in [1.82, 2.24) is 15.5 Å². The number of benzene rings is 1. The van der Waals surface area contributed by atoms with E-state index in [0.29, 0.717) is 19.8 Å². The van der Waals surface area contributed by atoms with Gasteiger partial charge in [0.2, 0.25) is 0 Å². The van der Waals surface area contributed by atoms with E-state index < -0.39 is 0 Å². The Morgan fingerprint density at radius 3 is 2.79 bits per heavy atom. The van der Waals surface area contributed by atoms with Crippen LogP contribution in [0.1, 0.15) is 18.0 Å². The molecule has 1 heterocycles. The molecule has 0 bridgehead atoms. The summed E-state index contributed by atoms with van der Waals surface area (Å²) in [6, 6.07) is 8.28. The van der Waals surface area contributed by atoms with Gasteiger partial charge < -0.3 is 24.8 Å². The average Bonchev–Trinajstić information content (AvgIpc) is 2.72. The van der Waals surface area contributed by atoms with Crippen LogP contribution < -0.4 is 10.6 Å². The highest BCUT2D eigenvalue weighted by Crippen LogP contribution is 2.23. The molecule has 2 rings (SSSR count). The first-order valence-electron chi connectivity index (χ1n) is 9.83. The fraction of sp³-hybridized carbons (Fsp3) is 0.650. The molecule has 1 aliphatic rings. The molecular formula is C20H33ClN4O3. The monoisotopic (exact) mass is 412 g/mol. The maximum atomic E-state index is 6.23. The van der Waals surface area contributed by atoms with Crippen LogP contribution in [-0.4, -0.2) is 84.2 Å². The third kappa shape index (κ3) is 8.32. The average molecular weight is 413 g/mol. The van der Waals surface area contributed by atoms with Crippen molar-refractivity contribution < 1.29 is 14.2 Å². The third-order valence-electron chi connectivity index (χ3n) is 4.60. The van der Waals surface area contributed by atoms with Gasteiger partial charge >= 0.3 is 0 Å². The van der Waals surface area contributed by atoms with Gasteiger partial charge in [-0.25, -0.2) is 0 Å². The molecule has 1 unspecified atom stereocenters. The molecule has 0 radical (unpaired) electrons. The normalized spacial score (nSPS) is 16.8. The van der Waals surface area contributed by atoms with E-state index in [4.69, 9.17) is 25.8 Å². The number of rotatable bonds is 11. The number of hydrogen-bond donors (Lipinski definition) is 2. The van der Waals surface area contributed by atoms with Crippen LogP contribution in [0.4, 0.5) is 0 Å². The summed E-state index contributed by atoms with van der Waals surface area (Å²) < 4.78 is 16.0. The Bertz CT molecular complexity index is 582. The summed E-state index contributed by atoms with van der Waals surface area (Å²) in [7, 11) is 3.46. The zero-order valence-electron chi connectivity index (χ0n) is 17.0. The van der Waals surface area contributed by atoms with Crippen molar-refractivity contribution in [3.05, 3.63) is 34.9 Å². The summed E-state index contributed by atoms with van der Waals surface area (Å²) in [5, 5.41) is 7.54. The third-order valence-corrected chi connectivity index (χ3v) is 4.83. The second kappa shape index (κ2) is 13.7. The molecule has 1 saturated heterocycles. The maximum Gasteiger partial charge on any atom is 0.191 e. The van der Waals surface area contributed by atoms with Gasteiger partial charge in [0.05, 0.1) is 32.5 Å². The molecule has 1 fully saturated rings. The molecule has 2 N–H and O–H groups in total. The minimum Gasteiger partial charge on any atom is -0.382 e. The first kappa shape index (κ1) is 22.9. The van der Waals surface area contributed by atoms with Crippen molar-refractivity contribution in [2.75, 3.05) is 73.4 Å². The second-order valence-electron chi connectivity index (χ2n) is 6.56. The van der Waals surface area contributed by atoms with Crippen LogP contribution in [0.3, 0.4) is 0 Å². The lowest BCUT2D eigenvalue weighted by Gasteiger charge is -2.35. The molecule has 28 heavy (non-hydrogen) atoms. The number of methoxy groups -OCH3 is 1. The summed E-state index contributed by atoms with van der Waals surface area (Å²) in [6.45, 7) is 6.82. The van der Waals surface area contributed by atoms with Gasteiger partial charge in [0.15, 0.2) is 5.96 Å². The number of hydrogen-bond acceptors (Lipinski definition) is 5. The quantitative estimate of drug-likeness (QED) is 0.329. The molecule has 158 valence electrons. The van der Waals surface area contributed by atoms with Gasteiger partial charge in [0, 0.05) is 52.0 Å². The van der Waals surface area contributed by atoms with Crippen molar-refractivity contribution in [2.24, 2.45) is 4.99 Å². The SMILES string of the molecule is CN=C(NCCCOCCOC)NCC(c1cccc(Cl)c1)N1CCOCC1. The van der Waals surface area contributed by atoms with Gasteiger partial charge in [-0.2, -0.15) is 0 Å². The predicted molar refractivity (Wildman–Crippen MR) is 113 cm³/mol. The molecule has 7 nitrogen and oxygen atoms in total. The molecule has 0 aromatic heterocycles. The minimum atomic E-state index is 0.207. The van der Waals surface area contributed by atoms with Crippen LogP contribution in [0, 0.1) is 0 Å². The fourth-order valence-electron chi connectivity index (χ4n) is 3.10. The summed E-state index contributed by atoms with van der Waals surface area (Å²) in [6.07, 6.45) is 0.908. The van der Waals surface area contributed by atoms with Gasteiger partial charge in [-0.05, 0) is 24.1 Å². The number of aliphatic imine (C=N–C) groups is 1. The Kier molecular flexibility index (Phi) is 11.2. The van der Waals surface area contributed by atoms with Crippen molar-refractivity contribution in [1.29, 1.82) is 0 Å². The van der Waals surface area contributed by atoms with Crippen molar-refractivity contribution in [3.63, 3.8) is 0 Å². The van der Waals surface area contributed by atoms with Crippen molar-refractivity contribution in [2.45, 2.75) is 12.5 Å². The van der Waals surface area contributed by atoms with Gasteiger partial charge in [0.1, 0.15) is 0 Å². The lowest BCUT2D eigenvalue weighted by Crippen LogP contribution is -2.46. The van der Waals surface area contributed by atoms with E-state index in [0.717, 1.165) is 56.8 Å². The molecule has 0 spiro atoms. The van der Waals surface area contributed by atoms with Gasteiger partial charge in [-0.15, -0.1) is 0 Å². The van der Waals surface area contributed by atoms with E-state index in [1.165, 1.54) is 5.56 Å². The van der Waals surface area contributed by atoms with Crippen LogP contribution in [-0.2, 0) is 14.2 Å². The molecule has 1 aliphatic heterocycles. The first-order valence-corrected chi connectivity index (χ1v) is 10.2. The molecule has 0 aliphatic carbocycles. The van der Waals surface area contributed by atoms with E-state index in [1.807, 2.05) is 18.2 Å². The minimum absolute atomic E-state index is 0.207. The van der Waals surface area contributed by atoms with Gasteiger partial charge in [-0.3, -0.25) is 9.89 Å². The number of nitrogens with one attached hydrogen (secondary N) is 2. The predicted octanol–water partition coefficient (Wildman–Crippen LogP) is 1.93. The number of halogens is 1. The largest absolute Gasteiger partial charge is 0.382 e. The highest BCUT2D eigenvalue weighted by molar-refractivity contribution is 6.30. The zero-order chi connectivity index (χ0) is 20.0. The Hall–Kier alpha value is -1.38. The zero-order valence-corrected chi connectivity index (χ0v) is 17.7. The molecular weight excluding hydrogens is 380 g/mol. The van der Waals surface area contributed by atoms with Crippen LogP contribution >= 0.6 is 11.6 Å². The van der Waals surface area contributed by atoms with E-state index in [-0.39, 0.29) is 6.04 Å². The van der Waals surface area contributed by atoms with Crippen LogP contribution in [0.5, 0.6) is 0 Å². The smallest absolute Gasteiger partial charge is 0.191 e. The van der Waals surface area contributed by atoms with E-state index in [9.17, 15) is 0 Å². The topological polar surface area (TPSA) is 67.4 Å².